The third kappa shape index (κ3) is 4.39. The van der Waals surface area contributed by atoms with Gasteiger partial charge in [-0.3, -0.25) is 24.1 Å². The number of ether oxygens (including phenoxy) is 3. The van der Waals surface area contributed by atoms with Gasteiger partial charge in [0.1, 0.15) is 18.0 Å². The molecule has 1 aromatic rings. The minimum absolute atomic E-state index is 0.367. The van der Waals surface area contributed by atoms with Crippen LogP contribution in [0.15, 0.2) is 30.4 Å². The number of amides is 3. The molecule has 0 unspecified atom stereocenters. The molecule has 0 radical (unpaired) electrons. The molecule has 154 valence electrons. The highest BCUT2D eigenvalue weighted by Crippen LogP contribution is 2.34. The summed E-state index contributed by atoms with van der Waals surface area (Å²) in [6, 6.07) is 4.83. The number of likely N-dealkylation sites (tertiary alicyclic amines) is 1. The molecule has 2 atom stereocenters. The molecule has 0 spiro atoms. The molecule has 1 aromatic carbocycles. The van der Waals surface area contributed by atoms with Crippen molar-refractivity contribution in [3.8, 4) is 11.5 Å². The second-order valence-corrected chi connectivity index (χ2v) is 6.69. The number of fused-ring (bicyclic) bond motifs is 1. The van der Waals surface area contributed by atoms with Gasteiger partial charge in [-0.25, -0.2) is 0 Å². The quantitative estimate of drug-likeness (QED) is 0.413. The van der Waals surface area contributed by atoms with Crippen LogP contribution in [0.1, 0.15) is 12.8 Å². The summed E-state index contributed by atoms with van der Waals surface area (Å²) in [5.74, 6) is -2.02. The molecule has 1 aliphatic heterocycles. The van der Waals surface area contributed by atoms with Gasteiger partial charge < -0.3 is 19.5 Å². The molecule has 3 amide bonds. The normalized spacial score (nSPS) is 20.3. The molecule has 1 saturated heterocycles. The molecule has 9 nitrogen and oxygen atoms in total. The van der Waals surface area contributed by atoms with Crippen LogP contribution in [0.3, 0.4) is 0 Å². The fourth-order valence-electron chi connectivity index (χ4n) is 3.43. The number of rotatable bonds is 7. The van der Waals surface area contributed by atoms with Crippen molar-refractivity contribution in [2.24, 2.45) is 11.8 Å². The minimum atomic E-state index is -0.824. The molecule has 0 saturated carbocycles. The van der Waals surface area contributed by atoms with Crippen LogP contribution in [0.4, 0.5) is 5.69 Å². The van der Waals surface area contributed by atoms with Gasteiger partial charge >= 0.3 is 5.97 Å². The second-order valence-electron chi connectivity index (χ2n) is 6.69. The van der Waals surface area contributed by atoms with E-state index in [0.717, 1.165) is 4.90 Å². The molecule has 9 heteroatoms. The number of benzene rings is 1. The monoisotopic (exact) mass is 402 g/mol. The molecule has 3 rings (SSSR count). The molecule has 0 aromatic heterocycles. The Kier molecular flexibility index (Phi) is 6.16. The average molecular weight is 402 g/mol. The number of carbonyl (C=O) groups is 4. The van der Waals surface area contributed by atoms with Crippen molar-refractivity contribution >= 4 is 29.4 Å². The van der Waals surface area contributed by atoms with Crippen LogP contribution in [0, 0.1) is 11.8 Å². The first-order valence-corrected chi connectivity index (χ1v) is 9.12. The number of nitrogens with zero attached hydrogens (tertiary/aromatic N) is 1. The molecule has 1 fully saturated rings. The highest BCUT2D eigenvalue weighted by Gasteiger charge is 2.47. The average Bonchev–Trinajstić information content (AvgIpc) is 2.97. The smallest absolute Gasteiger partial charge is 0.326 e. The summed E-state index contributed by atoms with van der Waals surface area (Å²) in [5.41, 5.74) is 0.385. The van der Waals surface area contributed by atoms with Gasteiger partial charge in [-0.15, -0.1) is 0 Å². The maximum atomic E-state index is 12.3. The first-order chi connectivity index (χ1) is 13.9. The van der Waals surface area contributed by atoms with E-state index in [1.54, 1.807) is 18.2 Å². The van der Waals surface area contributed by atoms with E-state index in [1.165, 1.54) is 14.2 Å². The number of anilines is 1. The molecular formula is C20H22N2O7. The number of methoxy groups -OCH3 is 2. The van der Waals surface area contributed by atoms with Crippen molar-refractivity contribution < 1.29 is 33.4 Å². The maximum Gasteiger partial charge on any atom is 0.326 e. The number of esters is 1. The van der Waals surface area contributed by atoms with E-state index in [-0.39, 0.29) is 11.8 Å². The Morgan fingerprint density at radius 3 is 2.31 bits per heavy atom. The van der Waals surface area contributed by atoms with Crippen molar-refractivity contribution in [2.45, 2.75) is 12.8 Å². The Bertz CT molecular complexity index is 838. The lowest BCUT2D eigenvalue weighted by Gasteiger charge is -2.14. The predicted molar refractivity (Wildman–Crippen MR) is 101 cm³/mol. The van der Waals surface area contributed by atoms with E-state index >= 15 is 0 Å². The van der Waals surface area contributed by atoms with Crippen LogP contribution in [-0.4, -0.2) is 56.0 Å². The summed E-state index contributed by atoms with van der Waals surface area (Å²) >= 11 is 0. The van der Waals surface area contributed by atoms with Crippen molar-refractivity contribution in [3.63, 3.8) is 0 Å². The van der Waals surface area contributed by atoms with Gasteiger partial charge in [-0.05, 0) is 25.0 Å². The lowest BCUT2D eigenvalue weighted by atomic mass is 9.85. The number of hydrogen-bond donors (Lipinski definition) is 1. The number of carbonyl (C=O) groups excluding carboxylic acids is 4. The Hall–Kier alpha value is -3.36. The fraction of sp³-hybridized carbons (Fsp3) is 0.400. The van der Waals surface area contributed by atoms with E-state index < -0.39 is 36.9 Å². The topological polar surface area (TPSA) is 111 Å². The van der Waals surface area contributed by atoms with Gasteiger partial charge in [0.05, 0.1) is 31.7 Å². The van der Waals surface area contributed by atoms with Gasteiger partial charge in [-0.1, -0.05) is 12.2 Å². The van der Waals surface area contributed by atoms with E-state index in [1.807, 2.05) is 12.2 Å². The Balaban J connectivity index is 1.51. The summed E-state index contributed by atoms with van der Waals surface area (Å²) in [4.78, 5) is 49.8. The van der Waals surface area contributed by atoms with Crippen LogP contribution in [-0.2, 0) is 23.9 Å². The Labute approximate surface area is 167 Å². The van der Waals surface area contributed by atoms with E-state index in [0.29, 0.717) is 30.0 Å². The largest absolute Gasteiger partial charge is 0.497 e. The second kappa shape index (κ2) is 8.76. The third-order valence-electron chi connectivity index (χ3n) is 4.93. The third-order valence-corrected chi connectivity index (χ3v) is 4.93. The molecular weight excluding hydrogens is 380 g/mol. The molecule has 1 heterocycles. The zero-order valence-corrected chi connectivity index (χ0v) is 16.2. The first kappa shape index (κ1) is 20.4. The molecule has 1 N–H and O–H groups in total. The molecule has 2 aliphatic rings. The van der Waals surface area contributed by atoms with Crippen LogP contribution in [0.5, 0.6) is 11.5 Å². The minimum Gasteiger partial charge on any atom is -0.497 e. The van der Waals surface area contributed by atoms with Gasteiger partial charge in [0, 0.05) is 6.07 Å². The highest BCUT2D eigenvalue weighted by atomic mass is 16.5. The van der Waals surface area contributed by atoms with Crippen LogP contribution < -0.4 is 14.8 Å². The van der Waals surface area contributed by atoms with Gasteiger partial charge in [0.15, 0.2) is 6.61 Å². The first-order valence-electron chi connectivity index (χ1n) is 9.12. The number of hydrogen-bond acceptors (Lipinski definition) is 7. The van der Waals surface area contributed by atoms with Crippen molar-refractivity contribution in [1.82, 2.24) is 4.90 Å². The summed E-state index contributed by atoms with van der Waals surface area (Å²) < 4.78 is 15.2. The van der Waals surface area contributed by atoms with E-state index in [4.69, 9.17) is 14.2 Å². The molecule has 0 bridgehead atoms. The zero-order valence-electron chi connectivity index (χ0n) is 16.2. The predicted octanol–water partition coefficient (Wildman–Crippen LogP) is 1.14. The van der Waals surface area contributed by atoms with Crippen molar-refractivity contribution in [3.05, 3.63) is 30.4 Å². The standard InChI is InChI=1S/C20H22N2O7/c1-27-12-7-8-15(16(9-12)28-2)21-17(23)11-29-18(24)10-22-19(25)13-5-3-4-6-14(13)20(22)26/h3-4,7-9,13-14H,5-6,10-11H2,1-2H3,(H,21,23)/t13-,14+. The van der Waals surface area contributed by atoms with Gasteiger partial charge in [0.25, 0.3) is 5.91 Å². The lowest BCUT2D eigenvalue weighted by molar-refractivity contribution is -0.154. The van der Waals surface area contributed by atoms with Crippen LogP contribution in [0.25, 0.3) is 0 Å². The molecule has 29 heavy (non-hydrogen) atoms. The Morgan fingerprint density at radius 2 is 1.72 bits per heavy atom. The van der Waals surface area contributed by atoms with Crippen LogP contribution >= 0.6 is 0 Å². The fourth-order valence-corrected chi connectivity index (χ4v) is 3.43. The molecule has 1 aliphatic carbocycles. The zero-order chi connectivity index (χ0) is 21.0. The van der Waals surface area contributed by atoms with Gasteiger partial charge in [0.2, 0.25) is 11.8 Å². The SMILES string of the molecule is COc1ccc(NC(=O)COC(=O)CN2C(=O)[C@H]3CC=CC[C@H]3C2=O)c(OC)c1. The number of imide groups is 1. The Morgan fingerprint density at radius 1 is 1.07 bits per heavy atom. The summed E-state index contributed by atoms with van der Waals surface area (Å²) in [6.45, 7) is -1.05. The van der Waals surface area contributed by atoms with Gasteiger partial charge in [-0.2, -0.15) is 0 Å². The van der Waals surface area contributed by atoms with Crippen molar-refractivity contribution in [1.29, 1.82) is 0 Å². The maximum absolute atomic E-state index is 12.3. The van der Waals surface area contributed by atoms with E-state index in [2.05, 4.69) is 5.32 Å². The lowest BCUT2D eigenvalue weighted by Crippen LogP contribution is -2.37. The van der Waals surface area contributed by atoms with E-state index in [9.17, 15) is 19.2 Å². The highest BCUT2D eigenvalue weighted by molar-refractivity contribution is 6.07. The van der Waals surface area contributed by atoms with Crippen LogP contribution in [0.2, 0.25) is 0 Å². The summed E-state index contributed by atoms with van der Waals surface area (Å²) in [7, 11) is 2.95. The number of nitrogens with one attached hydrogen (secondary N) is 1. The van der Waals surface area contributed by atoms with Crippen molar-refractivity contribution in [2.75, 3.05) is 32.7 Å². The summed E-state index contributed by atoms with van der Waals surface area (Å²) in [6.07, 6.45) is 4.72. The summed E-state index contributed by atoms with van der Waals surface area (Å²) in [5, 5.41) is 2.57. The number of allylic oxidation sites excluding steroid dienone is 2.